The lowest BCUT2D eigenvalue weighted by Gasteiger charge is -2.09. The van der Waals surface area contributed by atoms with Gasteiger partial charge in [-0.25, -0.2) is 4.98 Å². The Kier molecular flexibility index (Phi) is 5.62. The normalized spacial score (nSPS) is 11.0. The van der Waals surface area contributed by atoms with Crippen molar-refractivity contribution in [1.29, 1.82) is 0 Å². The standard InChI is InChI=1S/C16H21ClN2O2/c1-3-21-15(20)8-5-11-19-14(9-10-17)18-13-7-4-6-12(2)16(13)19/h4,6-7H,3,5,8-11H2,1-2H3. The van der Waals surface area contributed by atoms with Crippen LogP contribution in [0.3, 0.4) is 0 Å². The monoisotopic (exact) mass is 308 g/mol. The Morgan fingerprint density at radius 3 is 2.95 bits per heavy atom. The van der Waals surface area contributed by atoms with E-state index in [1.54, 1.807) is 0 Å². The van der Waals surface area contributed by atoms with Crippen LogP contribution in [0.2, 0.25) is 0 Å². The zero-order valence-corrected chi connectivity index (χ0v) is 13.3. The predicted octanol–water partition coefficient (Wildman–Crippen LogP) is 3.47. The minimum Gasteiger partial charge on any atom is -0.466 e. The Morgan fingerprint density at radius 2 is 2.24 bits per heavy atom. The Bertz CT molecular complexity index is 622. The van der Waals surface area contributed by atoms with Crippen LogP contribution in [0.15, 0.2) is 18.2 Å². The number of aromatic nitrogens is 2. The maximum atomic E-state index is 11.4. The first-order valence-corrected chi connectivity index (χ1v) is 7.87. The fraction of sp³-hybridized carbons (Fsp3) is 0.500. The van der Waals surface area contributed by atoms with Gasteiger partial charge in [0.25, 0.3) is 0 Å². The molecule has 0 aliphatic carbocycles. The third kappa shape index (κ3) is 3.76. The van der Waals surface area contributed by atoms with Gasteiger partial charge in [-0.3, -0.25) is 4.79 Å². The maximum Gasteiger partial charge on any atom is 0.305 e. The van der Waals surface area contributed by atoms with E-state index in [-0.39, 0.29) is 5.97 Å². The molecule has 21 heavy (non-hydrogen) atoms. The minimum absolute atomic E-state index is 0.141. The Labute approximate surface area is 130 Å². The summed E-state index contributed by atoms with van der Waals surface area (Å²) >= 11 is 5.87. The van der Waals surface area contributed by atoms with Gasteiger partial charge in [-0.1, -0.05) is 12.1 Å². The number of alkyl halides is 1. The molecule has 114 valence electrons. The van der Waals surface area contributed by atoms with Crippen molar-refractivity contribution in [3.05, 3.63) is 29.6 Å². The van der Waals surface area contributed by atoms with Gasteiger partial charge in [-0.2, -0.15) is 0 Å². The van der Waals surface area contributed by atoms with Crippen molar-refractivity contribution in [1.82, 2.24) is 9.55 Å². The summed E-state index contributed by atoms with van der Waals surface area (Å²) in [5.74, 6) is 1.39. The molecule has 0 aliphatic heterocycles. The lowest BCUT2D eigenvalue weighted by molar-refractivity contribution is -0.143. The second-order valence-electron chi connectivity index (χ2n) is 4.97. The van der Waals surface area contributed by atoms with Crippen LogP contribution in [0.25, 0.3) is 11.0 Å². The smallest absolute Gasteiger partial charge is 0.305 e. The van der Waals surface area contributed by atoms with Crippen LogP contribution in [-0.4, -0.2) is 28.0 Å². The van der Waals surface area contributed by atoms with Crippen molar-refractivity contribution in [2.45, 2.75) is 39.7 Å². The third-order valence-electron chi connectivity index (χ3n) is 3.43. The molecule has 0 spiro atoms. The number of rotatable bonds is 7. The van der Waals surface area contributed by atoms with Crippen LogP contribution in [0, 0.1) is 6.92 Å². The molecule has 0 radical (unpaired) electrons. The summed E-state index contributed by atoms with van der Waals surface area (Å²) in [7, 11) is 0. The van der Waals surface area contributed by atoms with Crippen molar-refractivity contribution >= 4 is 28.6 Å². The maximum absolute atomic E-state index is 11.4. The molecule has 1 aromatic heterocycles. The molecule has 0 fully saturated rings. The van der Waals surface area contributed by atoms with E-state index in [2.05, 4.69) is 22.5 Å². The van der Waals surface area contributed by atoms with E-state index in [9.17, 15) is 4.79 Å². The number of hydrogen-bond acceptors (Lipinski definition) is 3. The number of hydrogen-bond donors (Lipinski definition) is 0. The topological polar surface area (TPSA) is 44.1 Å². The number of aryl methyl sites for hydroxylation is 3. The second kappa shape index (κ2) is 7.46. The first kappa shape index (κ1) is 15.8. The van der Waals surface area contributed by atoms with Crippen LogP contribution in [-0.2, 0) is 22.5 Å². The van der Waals surface area contributed by atoms with Gasteiger partial charge in [0.2, 0.25) is 0 Å². The van der Waals surface area contributed by atoms with Gasteiger partial charge in [0.15, 0.2) is 0 Å². The van der Waals surface area contributed by atoms with Crippen LogP contribution in [0.5, 0.6) is 0 Å². The number of fused-ring (bicyclic) bond motifs is 1. The number of halogens is 1. The molecule has 0 bridgehead atoms. The number of imidazole rings is 1. The summed E-state index contributed by atoms with van der Waals surface area (Å²) in [5.41, 5.74) is 3.32. The summed E-state index contributed by atoms with van der Waals surface area (Å²) < 4.78 is 7.15. The van der Waals surface area contributed by atoms with Crippen LogP contribution < -0.4 is 0 Å². The molecular weight excluding hydrogens is 288 g/mol. The highest BCUT2D eigenvalue weighted by Gasteiger charge is 2.12. The minimum atomic E-state index is -0.141. The Morgan fingerprint density at radius 1 is 1.43 bits per heavy atom. The van der Waals surface area contributed by atoms with E-state index in [4.69, 9.17) is 16.3 Å². The predicted molar refractivity (Wildman–Crippen MR) is 84.8 cm³/mol. The van der Waals surface area contributed by atoms with Gasteiger partial charge in [0.1, 0.15) is 5.82 Å². The Balaban J connectivity index is 2.20. The van der Waals surface area contributed by atoms with Gasteiger partial charge in [0.05, 0.1) is 17.6 Å². The number of benzene rings is 1. The number of esters is 1. The van der Waals surface area contributed by atoms with Gasteiger partial charge in [-0.05, 0) is 31.9 Å². The summed E-state index contributed by atoms with van der Waals surface area (Å²) in [6, 6.07) is 6.11. The summed E-state index contributed by atoms with van der Waals surface area (Å²) in [4.78, 5) is 16.1. The molecule has 0 saturated heterocycles. The number of ether oxygens (including phenoxy) is 1. The molecular formula is C16H21ClN2O2. The fourth-order valence-corrected chi connectivity index (χ4v) is 2.71. The highest BCUT2D eigenvalue weighted by Crippen LogP contribution is 2.21. The number of carbonyl (C=O) groups excluding carboxylic acids is 1. The lowest BCUT2D eigenvalue weighted by atomic mass is 10.2. The third-order valence-corrected chi connectivity index (χ3v) is 3.62. The molecule has 0 aliphatic rings. The quantitative estimate of drug-likeness (QED) is 0.581. The van der Waals surface area contributed by atoms with Gasteiger partial charge in [0, 0.05) is 25.3 Å². The fourth-order valence-electron chi connectivity index (χ4n) is 2.54. The molecule has 0 saturated carbocycles. The molecule has 0 N–H and O–H groups in total. The first-order valence-electron chi connectivity index (χ1n) is 7.33. The van der Waals surface area contributed by atoms with E-state index in [1.807, 2.05) is 19.1 Å². The highest BCUT2D eigenvalue weighted by molar-refractivity contribution is 6.17. The van der Waals surface area contributed by atoms with Gasteiger partial charge >= 0.3 is 5.97 Å². The average molecular weight is 309 g/mol. The SMILES string of the molecule is CCOC(=O)CCCn1c(CCCl)nc2cccc(C)c21. The van der Waals surface area contributed by atoms with E-state index in [0.29, 0.717) is 18.9 Å². The van der Waals surface area contributed by atoms with Gasteiger partial charge in [-0.15, -0.1) is 11.6 Å². The molecule has 2 aromatic rings. The van der Waals surface area contributed by atoms with Crippen LogP contribution in [0.4, 0.5) is 0 Å². The van der Waals surface area contributed by atoms with Crippen molar-refractivity contribution in [2.24, 2.45) is 0 Å². The molecule has 0 amide bonds. The van der Waals surface area contributed by atoms with Crippen LogP contribution in [0.1, 0.15) is 31.2 Å². The molecule has 5 heteroatoms. The number of nitrogens with zero attached hydrogens (tertiary/aromatic N) is 2. The zero-order valence-electron chi connectivity index (χ0n) is 12.6. The van der Waals surface area contributed by atoms with Crippen molar-refractivity contribution < 1.29 is 9.53 Å². The van der Waals surface area contributed by atoms with Crippen LogP contribution >= 0.6 is 11.6 Å². The summed E-state index contributed by atoms with van der Waals surface area (Å²) in [6.07, 6.45) is 1.91. The van der Waals surface area contributed by atoms with Crippen molar-refractivity contribution in [3.8, 4) is 0 Å². The summed E-state index contributed by atoms with van der Waals surface area (Å²) in [5, 5.41) is 0. The molecule has 2 rings (SSSR count). The molecule has 1 aromatic carbocycles. The second-order valence-corrected chi connectivity index (χ2v) is 5.35. The average Bonchev–Trinajstić information content (AvgIpc) is 2.79. The molecule has 4 nitrogen and oxygen atoms in total. The van der Waals surface area contributed by atoms with E-state index >= 15 is 0 Å². The molecule has 1 heterocycles. The molecule has 0 atom stereocenters. The number of carbonyl (C=O) groups is 1. The van der Waals surface area contributed by atoms with Crippen molar-refractivity contribution in [3.63, 3.8) is 0 Å². The van der Waals surface area contributed by atoms with E-state index in [0.717, 1.165) is 36.2 Å². The molecule has 0 unspecified atom stereocenters. The van der Waals surface area contributed by atoms with Crippen molar-refractivity contribution in [2.75, 3.05) is 12.5 Å². The van der Waals surface area contributed by atoms with E-state index < -0.39 is 0 Å². The largest absolute Gasteiger partial charge is 0.466 e. The first-order chi connectivity index (χ1) is 10.2. The number of para-hydroxylation sites is 1. The lowest BCUT2D eigenvalue weighted by Crippen LogP contribution is -2.09. The zero-order chi connectivity index (χ0) is 15.2. The highest BCUT2D eigenvalue weighted by atomic mass is 35.5. The summed E-state index contributed by atoms with van der Waals surface area (Å²) in [6.45, 7) is 5.09. The van der Waals surface area contributed by atoms with Gasteiger partial charge < -0.3 is 9.30 Å². The van der Waals surface area contributed by atoms with E-state index in [1.165, 1.54) is 5.56 Å². The Hall–Kier alpha value is -1.55.